The molecule has 0 unspecified atom stereocenters. The SMILES string of the molecule is BrCC(CBr)Cc1ccoc1. The largest absolute Gasteiger partial charge is 0.472 e. The zero-order valence-electron chi connectivity index (χ0n) is 6.09. The average Bonchev–Trinajstić information content (AvgIpc) is 2.52. The topological polar surface area (TPSA) is 13.1 Å². The molecule has 1 nitrogen and oxygen atoms in total. The minimum absolute atomic E-state index is 0.660. The average molecular weight is 282 g/mol. The second kappa shape index (κ2) is 4.99. The highest BCUT2D eigenvalue weighted by atomic mass is 79.9. The predicted octanol–water partition coefficient (Wildman–Crippen LogP) is 3.23. The fourth-order valence-electron chi connectivity index (χ4n) is 0.892. The molecular weight excluding hydrogens is 272 g/mol. The van der Waals surface area contributed by atoms with E-state index in [1.807, 2.05) is 6.07 Å². The summed E-state index contributed by atoms with van der Waals surface area (Å²) in [4.78, 5) is 0. The molecule has 62 valence electrons. The lowest BCUT2D eigenvalue weighted by Gasteiger charge is -2.06. The summed E-state index contributed by atoms with van der Waals surface area (Å²) in [7, 11) is 0. The van der Waals surface area contributed by atoms with Gasteiger partial charge in [-0.3, -0.25) is 0 Å². The normalized spacial score (nSPS) is 10.8. The first-order valence-corrected chi connectivity index (χ1v) is 5.74. The first kappa shape index (κ1) is 9.33. The van der Waals surface area contributed by atoms with Crippen molar-refractivity contribution in [2.75, 3.05) is 10.7 Å². The Kier molecular flexibility index (Phi) is 4.23. The van der Waals surface area contributed by atoms with E-state index in [0.717, 1.165) is 17.1 Å². The van der Waals surface area contributed by atoms with Crippen molar-refractivity contribution in [2.24, 2.45) is 5.92 Å². The Hall–Kier alpha value is 0.240. The van der Waals surface area contributed by atoms with Crippen LogP contribution in [0.2, 0.25) is 0 Å². The molecule has 0 aliphatic heterocycles. The van der Waals surface area contributed by atoms with E-state index in [1.54, 1.807) is 12.5 Å². The van der Waals surface area contributed by atoms with Crippen LogP contribution in [-0.4, -0.2) is 10.7 Å². The van der Waals surface area contributed by atoms with Gasteiger partial charge in [-0.1, -0.05) is 31.9 Å². The van der Waals surface area contributed by atoms with Gasteiger partial charge in [0.1, 0.15) is 0 Å². The van der Waals surface area contributed by atoms with Crippen LogP contribution in [0.1, 0.15) is 5.56 Å². The summed E-state index contributed by atoms with van der Waals surface area (Å²) in [6.07, 6.45) is 4.60. The highest BCUT2D eigenvalue weighted by Crippen LogP contribution is 2.13. The molecule has 0 aliphatic carbocycles. The Morgan fingerprint density at radius 2 is 2.09 bits per heavy atom. The van der Waals surface area contributed by atoms with Gasteiger partial charge in [-0.25, -0.2) is 0 Å². The van der Waals surface area contributed by atoms with E-state index in [2.05, 4.69) is 31.9 Å². The van der Waals surface area contributed by atoms with Crippen molar-refractivity contribution in [2.45, 2.75) is 6.42 Å². The van der Waals surface area contributed by atoms with E-state index >= 15 is 0 Å². The van der Waals surface area contributed by atoms with Crippen LogP contribution in [0.5, 0.6) is 0 Å². The molecule has 1 aromatic heterocycles. The molecule has 1 aromatic rings. The Bertz CT molecular complexity index is 180. The van der Waals surface area contributed by atoms with Gasteiger partial charge in [0.15, 0.2) is 0 Å². The molecule has 0 radical (unpaired) electrons. The fraction of sp³-hybridized carbons (Fsp3) is 0.500. The van der Waals surface area contributed by atoms with E-state index in [0.29, 0.717) is 5.92 Å². The molecule has 0 spiro atoms. The zero-order chi connectivity index (χ0) is 8.10. The van der Waals surface area contributed by atoms with Crippen LogP contribution in [0.3, 0.4) is 0 Å². The zero-order valence-corrected chi connectivity index (χ0v) is 9.27. The van der Waals surface area contributed by atoms with Crippen LogP contribution in [0.25, 0.3) is 0 Å². The number of hydrogen-bond acceptors (Lipinski definition) is 1. The summed E-state index contributed by atoms with van der Waals surface area (Å²) in [5.41, 5.74) is 1.27. The smallest absolute Gasteiger partial charge is 0.0934 e. The van der Waals surface area contributed by atoms with Crippen molar-refractivity contribution in [1.82, 2.24) is 0 Å². The van der Waals surface area contributed by atoms with Gasteiger partial charge in [-0.15, -0.1) is 0 Å². The van der Waals surface area contributed by atoms with Crippen molar-refractivity contribution in [3.05, 3.63) is 24.2 Å². The first-order valence-electron chi connectivity index (χ1n) is 3.49. The molecule has 0 saturated heterocycles. The Labute approximate surface area is 83.4 Å². The Morgan fingerprint density at radius 1 is 1.36 bits per heavy atom. The van der Waals surface area contributed by atoms with E-state index in [1.165, 1.54) is 5.56 Å². The summed E-state index contributed by atoms with van der Waals surface area (Å²) < 4.78 is 4.97. The van der Waals surface area contributed by atoms with Crippen LogP contribution in [-0.2, 0) is 6.42 Å². The molecule has 1 rings (SSSR count). The number of rotatable bonds is 4. The lowest BCUT2D eigenvalue weighted by Crippen LogP contribution is -2.06. The molecule has 11 heavy (non-hydrogen) atoms. The predicted molar refractivity (Wildman–Crippen MR) is 53.5 cm³/mol. The van der Waals surface area contributed by atoms with E-state index in [4.69, 9.17) is 4.42 Å². The van der Waals surface area contributed by atoms with Gasteiger partial charge in [-0.2, -0.15) is 0 Å². The van der Waals surface area contributed by atoms with Crippen LogP contribution in [0.15, 0.2) is 23.0 Å². The van der Waals surface area contributed by atoms with Crippen LogP contribution < -0.4 is 0 Å². The van der Waals surface area contributed by atoms with Crippen molar-refractivity contribution >= 4 is 31.9 Å². The van der Waals surface area contributed by atoms with Gasteiger partial charge < -0.3 is 4.42 Å². The van der Waals surface area contributed by atoms with Crippen molar-refractivity contribution < 1.29 is 4.42 Å². The molecular formula is C8H10Br2O. The van der Waals surface area contributed by atoms with E-state index in [-0.39, 0.29) is 0 Å². The Balaban J connectivity index is 2.41. The molecule has 0 aromatic carbocycles. The quantitative estimate of drug-likeness (QED) is 0.773. The third-order valence-electron chi connectivity index (χ3n) is 1.54. The molecule has 3 heteroatoms. The van der Waals surface area contributed by atoms with Crippen molar-refractivity contribution in [1.29, 1.82) is 0 Å². The van der Waals surface area contributed by atoms with Crippen LogP contribution >= 0.6 is 31.9 Å². The molecule has 0 atom stereocenters. The molecule has 0 fully saturated rings. The number of halogens is 2. The molecule has 0 N–H and O–H groups in total. The Morgan fingerprint density at radius 3 is 2.55 bits per heavy atom. The highest BCUT2D eigenvalue weighted by Gasteiger charge is 2.06. The maximum absolute atomic E-state index is 4.97. The second-order valence-corrected chi connectivity index (χ2v) is 3.81. The number of furan rings is 1. The molecule has 1 heterocycles. The standard InChI is InChI=1S/C8H10Br2O/c9-4-8(5-10)3-7-1-2-11-6-7/h1-2,6,8H,3-5H2. The highest BCUT2D eigenvalue weighted by molar-refractivity contribution is 9.09. The lowest BCUT2D eigenvalue weighted by molar-refractivity contribution is 0.559. The summed E-state index contributed by atoms with van der Waals surface area (Å²) in [5.74, 6) is 0.660. The number of hydrogen-bond donors (Lipinski definition) is 0. The van der Waals surface area contributed by atoms with E-state index in [9.17, 15) is 0 Å². The summed E-state index contributed by atoms with van der Waals surface area (Å²) >= 11 is 6.92. The summed E-state index contributed by atoms with van der Waals surface area (Å²) in [6, 6.07) is 2.01. The van der Waals surface area contributed by atoms with Gasteiger partial charge in [0.25, 0.3) is 0 Å². The maximum Gasteiger partial charge on any atom is 0.0934 e. The molecule has 0 amide bonds. The third kappa shape index (κ3) is 2.99. The monoisotopic (exact) mass is 280 g/mol. The fourth-order valence-corrected chi connectivity index (χ4v) is 2.42. The minimum atomic E-state index is 0.660. The van der Waals surface area contributed by atoms with Crippen LogP contribution in [0.4, 0.5) is 0 Å². The minimum Gasteiger partial charge on any atom is -0.472 e. The van der Waals surface area contributed by atoms with Crippen LogP contribution in [0, 0.1) is 5.92 Å². The lowest BCUT2D eigenvalue weighted by atomic mass is 10.1. The maximum atomic E-state index is 4.97. The van der Waals surface area contributed by atoms with Gasteiger partial charge in [0.05, 0.1) is 12.5 Å². The third-order valence-corrected chi connectivity index (χ3v) is 3.37. The van der Waals surface area contributed by atoms with Crippen molar-refractivity contribution in [3.63, 3.8) is 0 Å². The van der Waals surface area contributed by atoms with Gasteiger partial charge in [-0.05, 0) is 24.0 Å². The van der Waals surface area contributed by atoms with Gasteiger partial charge in [0, 0.05) is 10.7 Å². The molecule has 0 bridgehead atoms. The summed E-state index contributed by atoms with van der Waals surface area (Å²) in [6.45, 7) is 0. The molecule has 0 saturated carbocycles. The first-order chi connectivity index (χ1) is 5.36. The summed E-state index contributed by atoms with van der Waals surface area (Å²) in [5, 5.41) is 2.06. The van der Waals surface area contributed by atoms with Gasteiger partial charge in [0.2, 0.25) is 0 Å². The van der Waals surface area contributed by atoms with Crippen molar-refractivity contribution in [3.8, 4) is 0 Å². The van der Waals surface area contributed by atoms with Gasteiger partial charge >= 0.3 is 0 Å². The second-order valence-electron chi connectivity index (χ2n) is 2.51. The molecule has 0 aliphatic rings. The number of alkyl halides is 2. The van der Waals surface area contributed by atoms with E-state index < -0.39 is 0 Å².